The van der Waals surface area contributed by atoms with Crippen molar-refractivity contribution in [2.45, 2.75) is 13.5 Å². The topological polar surface area (TPSA) is 38.3 Å². The van der Waals surface area contributed by atoms with E-state index in [4.69, 9.17) is 4.74 Å². The van der Waals surface area contributed by atoms with Crippen molar-refractivity contribution in [3.63, 3.8) is 0 Å². The molecule has 0 spiro atoms. The molecule has 20 heavy (non-hydrogen) atoms. The molecule has 0 saturated carbocycles. The van der Waals surface area contributed by atoms with Crippen LogP contribution in [-0.4, -0.2) is 13.1 Å². The van der Waals surface area contributed by atoms with Gasteiger partial charge in [0.2, 0.25) is 0 Å². The Morgan fingerprint density at radius 1 is 1.25 bits per heavy atom. The van der Waals surface area contributed by atoms with Gasteiger partial charge in [-0.05, 0) is 52.2 Å². The maximum atomic E-state index is 11.7. The molecule has 2 rings (SSSR count). The molecular weight excluding hydrogens is 318 g/mol. The van der Waals surface area contributed by atoms with Gasteiger partial charge in [0.25, 0.3) is 0 Å². The SMILES string of the molecule is COC(=O)c1ccccc1CNc1ccc(C)cc1Br. The van der Waals surface area contributed by atoms with Crippen molar-refractivity contribution in [1.82, 2.24) is 0 Å². The molecule has 0 heterocycles. The minimum atomic E-state index is -0.314. The van der Waals surface area contributed by atoms with Crippen LogP contribution in [0, 0.1) is 6.92 Å². The van der Waals surface area contributed by atoms with E-state index >= 15 is 0 Å². The summed E-state index contributed by atoms with van der Waals surface area (Å²) in [7, 11) is 1.39. The summed E-state index contributed by atoms with van der Waals surface area (Å²) < 4.78 is 5.80. The van der Waals surface area contributed by atoms with E-state index in [9.17, 15) is 4.79 Å². The van der Waals surface area contributed by atoms with Gasteiger partial charge in [-0.15, -0.1) is 0 Å². The molecule has 0 fully saturated rings. The molecule has 0 aromatic heterocycles. The van der Waals surface area contributed by atoms with Gasteiger partial charge < -0.3 is 10.1 Å². The van der Waals surface area contributed by atoms with Crippen LogP contribution in [-0.2, 0) is 11.3 Å². The Hall–Kier alpha value is -1.81. The molecule has 0 aliphatic heterocycles. The van der Waals surface area contributed by atoms with Crippen molar-refractivity contribution in [1.29, 1.82) is 0 Å². The Labute approximate surface area is 127 Å². The summed E-state index contributed by atoms with van der Waals surface area (Å²) in [5.74, 6) is -0.314. The Bertz CT molecular complexity index is 626. The van der Waals surface area contributed by atoms with Gasteiger partial charge >= 0.3 is 5.97 Å². The lowest BCUT2D eigenvalue weighted by Gasteiger charge is -2.12. The van der Waals surface area contributed by atoms with Crippen molar-refractivity contribution >= 4 is 27.6 Å². The maximum Gasteiger partial charge on any atom is 0.338 e. The molecule has 0 aliphatic carbocycles. The highest BCUT2D eigenvalue weighted by atomic mass is 79.9. The molecule has 2 aromatic rings. The van der Waals surface area contributed by atoms with Crippen LogP contribution in [0.5, 0.6) is 0 Å². The van der Waals surface area contributed by atoms with Crippen LogP contribution in [0.1, 0.15) is 21.5 Å². The number of halogens is 1. The number of ether oxygens (including phenoxy) is 1. The van der Waals surface area contributed by atoms with E-state index in [-0.39, 0.29) is 5.97 Å². The number of benzene rings is 2. The van der Waals surface area contributed by atoms with Crippen molar-refractivity contribution in [2.24, 2.45) is 0 Å². The van der Waals surface area contributed by atoms with E-state index in [0.717, 1.165) is 15.7 Å². The van der Waals surface area contributed by atoms with Crippen molar-refractivity contribution in [3.05, 3.63) is 63.6 Å². The molecule has 0 unspecified atom stereocenters. The van der Waals surface area contributed by atoms with Gasteiger partial charge in [-0.25, -0.2) is 4.79 Å². The fourth-order valence-electron chi connectivity index (χ4n) is 1.94. The average molecular weight is 334 g/mol. The molecule has 4 heteroatoms. The van der Waals surface area contributed by atoms with Crippen LogP contribution in [0.3, 0.4) is 0 Å². The second-order valence-corrected chi connectivity index (χ2v) is 5.34. The first-order chi connectivity index (χ1) is 9.61. The van der Waals surface area contributed by atoms with Crippen LogP contribution >= 0.6 is 15.9 Å². The summed E-state index contributed by atoms with van der Waals surface area (Å²) in [6.07, 6.45) is 0. The first-order valence-corrected chi connectivity index (χ1v) is 7.07. The van der Waals surface area contributed by atoms with Crippen LogP contribution in [0.25, 0.3) is 0 Å². The third kappa shape index (κ3) is 3.39. The molecule has 3 nitrogen and oxygen atoms in total. The third-order valence-corrected chi connectivity index (χ3v) is 3.67. The summed E-state index contributed by atoms with van der Waals surface area (Å²) in [4.78, 5) is 11.7. The minimum Gasteiger partial charge on any atom is -0.465 e. The Morgan fingerprint density at radius 2 is 2.00 bits per heavy atom. The van der Waals surface area contributed by atoms with Gasteiger partial charge in [-0.2, -0.15) is 0 Å². The summed E-state index contributed by atoms with van der Waals surface area (Å²) in [6.45, 7) is 2.61. The predicted octanol–water partition coefficient (Wildman–Crippen LogP) is 4.16. The highest BCUT2D eigenvalue weighted by Gasteiger charge is 2.10. The number of anilines is 1. The second-order valence-electron chi connectivity index (χ2n) is 4.49. The molecule has 0 bridgehead atoms. The number of carbonyl (C=O) groups is 1. The van der Waals surface area contributed by atoms with Gasteiger partial charge in [0.05, 0.1) is 12.7 Å². The number of nitrogens with one attached hydrogen (secondary N) is 1. The summed E-state index contributed by atoms with van der Waals surface area (Å²) in [5, 5.41) is 3.32. The molecule has 104 valence electrons. The first kappa shape index (κ1) is 14.6. The Balaban J connectivity index is 2.17. The van der Waals surface area contributed by atoms with Crippen LogP contribution in [0.4, 0.5) is 5.69 Å². The number of methoxy groups -OCH3 is 1. The van der Waals surface area contributed by atoms with Crippen LogP contribution in [0.15, 0.2) is 46.9 Å². The fourth-order valence-corrected chi connectivity index (χ4v) is 2.57. The highest BCUT2D eigenvalue weighted by molar-refractivity contribution is 9.10. The minimum absolute atomic E-state index is 0.314. The second kappa shape index (κ2) is 6.57. The Kier molecular flexibility index (Phi) is 4.79. The molecule has 1 N–H and O–H groups in total. The van der Waals surface area contributed by atoms with Crippen LogP contribution < -0.4 is 5.32 Å². The summed E-state index contributed by atoms with van der Waals surface area (Å²) in [6, 6.07) is 13.5. The zero-order chi connectivity index (χ0) is 14.5. The number of hydrogen-bond acceptors (Lipinski definition) is 3. The van der Waals surface area contributed by atoms with Crippen molar-refractivity contribution in [2.75, 3.05) is 12.4 Å². The molecule has 0 aliphatic rings. The van der Waals surface area contributed by atoms with Gasteiger partial charge in [0.15, 0.2) is 0 Å². The van der Waals surface area contributed by atoms with E-state index < -0.39 is 0 Å². The maximum absolute atomic E-state index is 11.7. The highest BCUT2D eigenvalue weighted by Crippen LogP contribution is 2.24. The zero-order valence-electron chi connectivity index (χ0n) is 11.4. The number of carbonyl (C=O) groups excluding carboxylic acids is 1. The van der Waals surface area contributed by atoms with E-state index in [1.807, 2.05) is 37.3 Å². The molecule has 0 atom stereocenters. The van der Waals surface area contributed by atoms with Gasteiger partial charge in [-0.1, -0.05) is 24.3 Å². The van der Waals surface area contributed by atoms with E-state index in [0.29, 0.717) is 12.1 Å². The molecular formula is C16H16BrNO2. The van der Waals surface area contributed by atoms with Gasteiger partial charge in [0, 0.05) is 16.7 Å². The molecule has 0 radical (unpaired) electrons. The van der Waals surface area contributed by atoms with Crippen molar-refractivity contribution < 1.29 is 9.53 Å². The quantitative estimate of drug-likeness (QED) is 0.854. The largest absolute Gasteiger partial charge is 0.465 e. The third-order valence-electron chi connectivity index (χ3n) is 3.02. The molecule has 2 aromatic carbocycles. The fraction of sp³-hybridized carbons (Fsp3) is 0.188. The smallest absolute Gasteiger partial charge is 0.338 e. The van der Waals surface area contributed by atoms with Gasteiger partial charge in [-0.3, -0.25) is 0 Å². The monoisotopic (exact) mass is 333 g/mol. The Morgan fingerprint density at radius 3 is 2.70 bits per heavy atom. The molecule has 0 amide bonds. The first-order valence-electron chi connectivity index (χ1n) is 6.28. The normalized spacial score (nSPS) is 10.2. The standard InChI is InChI=1S/C16H16BrNO2/c1-11-7-8-15(14(17)9-11)18-10-12-5-3-4-6-13(12)16(19)20-2/h3-9,18H,10H2,1-2H3. The number of aryl methyl sites for hydroxylation is 1. The lowest BCUT2D eigenvalue weighted by Crippen LogP contribution is -2.09. The van der Waals surface area contributed by atoms with Crippen molar-refractivity contribution in [3.8, 4) is 0 Å². The average Bonchev–Trinajstić information content (AvgIpc) is 2.46. The lowest BCUT2D eigenvalue weighted by atomic mass is 10.1. The number of hydrogen-bond donors (Lipinski definition) is 1. The summed E-state index contributed by atoms with van der Waals surface area (Å²) >= 11 is 3.53. The van der Waals surface area contributed by atoms with E-state index in [1.165, 1.54) is 12.7 Å². The zero-order valence-corrected chi connectivity index (χ0v) is 13.0. The van der Waals surface area contributed by atoms with E-state index in [2.05, 4.69) is 27.3 Å². The lowest BCUT2D eigenvalue weighted by molar-refractivity contribution is 0.0599. The molecule has 0 saturated heterocycles. The van der Waals surface area contributed by atoms with Gasteiger partial charge in [0.1, 0.15) is 0 Å². The number of rotatable bonds is 4. The van der Waals surface area contributed by atoms with E-state index in [1.54, 1.807) is 6.07 Å². The number of esters is 1. The predicted molar refractivity (Wildman–Crippen MR) is 84.0 cm³/mol. The van der Waals surface area contributed by atoms with Crippen LogP contribution in [0.2, 0.25) is 0 Å². The summed E-state index contributed by atoms with van der Waals surface area (Å²) in [5.41, 5.74) is 3.69.